The summed E-state index contributed by atoms with van der Waals surface area (Å²) in [5, 5.41) is 5.91. The van der Waals surface area contributed by atoms with Gasteiger partial charge in [-0.1, -0.05) is 26.7 Å². The van der Waals surface area contributed by atoms with Crippen molar-refractivity contribution in [3.63, 3.8) is 0 Å². The van der Waals surface area contributed by atoms with E-state index in [0.717, 1.165) is 18.4 Å². The molecule has 1 aliphatic carbocycles. The lowest BCUT2D eigenvalue weighted by molar-refractivity contribution is 0.350. The first-order valence-electron chi connectivity index (χ1n) is 7.19. The number of hydrogen-bond acceptors (Lipinski definition) is 2. The normalized spacial score (nSPS) is 25.5. The zero-order chi connectivity index (χ0) is 13.0. The molecule has 3 unspecified atom stereocenters. The maximum Gasteiger partial charge on any atom is 0.0314 e. The van der Waals surface area contributed by atoms with Gasteiger partial charge >= 0.3 is 0 Å². The van der Waals surface area contributed by atoms with Crippen molar-refractivity contribution in [2.24, 2.45) is 11.8 Å². The summed E-state index contributed by atoms with van der Waals surface area (Å²) in [6.07, 6.45) is 6.83. The quantitative estimate of drug-likeness (QED) is 0.786. The third kappa shape index (κ3) is 3.58. The van der Waals surface area contributed by atoms with Gasteiger partial charge in [0.1, 0.15) is 0 Å². The Balaban J connectivity index is 1.98. The van der Waals surface area contributed by atoms with Crippen molar-refractivity contribution in [2.45, 2.75) is 52.0 Å². The highest BCUT2D eigenvalue weighted by Gasteiger charge is 2.30. The van der Waals surface area contributed by atoms with Crippen LogP contribution in [-0.4, -0.2) is 12.6 Å². The van der Waals surface area contributed by atoms with Crippen LogP contribution in [0.25, 0.3) is 0 Å². The summed E-state index contributed by atoms with van der Waals surface area (Å²) in [6.45, 7) is 5.65. The lowest BCUT2D eigenvalue weighted by Gasteiger charge is -2.24. The van der Waals surface area contributed by atoms with E-state index in [1.165, 1.54) is 41.5 Å². The Hall–Kier alpha value is 0.140. The molecule has 0 bridgehead atoms. The van der Waals surface area contributed by atoms with Crippen molar-refractivity contribution in [2.75, 3.05) is 6.54 Å². The van der Waals surface area contributed by atoms with Crippen LogP contribution in [0.1, 0.15) is 44.4 Å². The van der Waals surface area contributed by atoms with Crippen LogP contribution >= 0.6 is 27.3 Å². The highest BCUT2D eigenvalue weighted by Crippen LogP contribution is 2.37. The number of likely N-dealkylation sites (N-methyl/N-ethyl adjacent to an activating group) is 1. The Labute approximate surface area is 123 Å². The van der Waals surface area contributed by atoms with Crippen molar-refractivity contribution in [1.29, 1.82) is 0 Å². The average molecular weight is 330 g/mol. The van der Waals surface area contributed by atoms with Gasteiger partial charge in [0.2, 0.25) is 0 Å². The second-order valence-corrected chi connectivity index (χ2v) is 7.26. The summed E-state index contributed by atoms with van der Waals surface area (Å²) < 4.78 is 1.29. The van der Waals surface area contributed by atoms with E-state index < -0.39 is 0 Å². The van der Waals surface area contributed by atoms with Crippen molar-refractivity contribution in [3.8, 4) is 0 Å². The molecule has 1 N–H and O–H groups in total. The van der Waals surface area contributed by atoms with Crippen LogP contribution in [0.2, 0.25) is 0 Å². The van der Waals surface area contributed by atoms with Gasteiger partial charge in [-0.05, 0) is 65.0 Å². The molecule has 3 atom stereocenters. The molecule has 1 aromatic rings. The van der Waals surface area contributed by atoms with Crippen LogP contribution in [0, 0.1) is 11.8 Å². The lowest BCUT2D eigenvalue weighted by Crippen LogP contribution is -2.37. The van der Waals surface area contributed by atoms with Crippen LogP contribution in [0.3, 0.4) is 0 Å². The standard InChI is InChI=1S/C15H24BrNS/c1-3-11-5-6-12(9-11)14(17-4-2)10-15-13(16)7-8-18-15/h7-8,11-12,14,17H,3-6,9-10H2,1-2H3. The first kappa shape index (κ1) is 14.5. The minimum absolute atomic E-state index is 0.668. The van der Waals surface area contributed by atoms with E-state index in [9.17, 15) is 0 Å². The van der Waals surface area contributed by atoms with Crippen molar-refractivity contribution in [1.82, 2.24) is 5.32 Å². The van der Waals surface area contributed by atoms with E-state index >= 15 is 0 Å². The molecule has 1 aliphatic rings. The SMILES string of the molecule is CCNC(Cc1sccc1Br)C1CCC(CC)C1. The summed E-state index contributed by atoms with van der Waals surface area (Å²) in [5.74, 6) is 1.85. The number of hydrogen-bond donors (Lipinski definition) is 1. The van der Waals surface area contributed by atoms with Crippen molar-refractivity contribution >= 4 is 27.3 Å². The number of nitrogens with one attached hydrogen (secondary N) is 1. The van der Waals surface area contributed by atoms with Gasteiger partial charge in [0.05, 0.1) is 0 Å². The average Bonchev–Trinajstić information content (AvgIpc) is 2.98. The van der Waals surface area contributed by atoms with E-state index in [-0.39, 0.29) is 0 Å². The number of thiophene rings is 1. The third-order valence-electron chi connectivity index (χ3n) is 4.29. The third-order valence-corrected chi connectivity index (χ3v) is 6.24. The molecule has 0 spiro atoms. The molecule has 1 saturated carbocycles. The molecule has 1 nitrogen and oxygen atoms in total. The fourth-order valence-electron chi connectivity index (χ4n) is 3.19. The summed E-state index contributed by atoms with van der Waals surface area (Å²) in [5.41, 5.74) is 0. The molecule has 0 aliphatic heterocycles. The van der Waals surface area contributed by atoms with Crippen LogP contribution < -0.4 is 5.32 Å². The Morgan fingerprint density at radius 2 is 2.28 bits per heavy atom. The highest BCUT2D eigenvalue weighted by atomic mass is 79.9. The molecule has 0 radical (unpaired) electrons. The van der Waals surface area contributed by atoms with Crippen LogP contribution in [0.4, 0.5) is 0 Å². The first-order chi connectivity index (χ1) is 8.74. The predicted molar refractivity (Wildman–Crippen MR) is 84.3 cm³/mol. The molecule has 3 heteroatoms. The lowest BCUT2D eigenvalue weighted by atomic mass is 9.93. The molecule has 18 heavy (non-hydrogen) atoms. The molecular weight excluding hydrogens is 306 g/mol. The molecule has 0 saturated heterocycles. The summed E-state index contributed by atoms with van der Waals surface area (Å²) in [7, 11) is 0. The maximum absolute atomic E-state index is 3.72. The topological polar surface area (TPSA) is 12.0 Å². The highest BCUT2D eigenvalue weighted by molar-refractivity contribution is 9.10. The Morgan fingerprint density at radius 3 is 2.83 bits per heavy atom. The molecule has 2 rings (SSSR count). The van der Waals surface area contributed by atoms with Gasteiger partial charge in [0.25, 0.3) is 0 Å². The van der Waals surface area contributed by atoms with Gasteiger partial charge in [0.15, 0.2) is 0 Å². The van der Waals surface area contributed by atoms with Crippen LogP contribution in [0.15, 0.2) is 15.9 Å². The largest absolute Gasteiger partial charge is 0.314 e. The molecule has 1 heterocycles. The van der Waals surface area contributed by atoms with Gasteiger partial charge in [-0.3, -0.25) is 0 Å². The zero-order valence-corrected chi connectivity index (χ0v) is 13.8. The van der Waals surface area contributed by atoms with E-state index in [0.29, 0.717) is 6.04 Å². The van der Waals surface area contributed by atoms with Gasteiger partial charge in [-0.15, -0.1) is 11.3 Å². The molecule has 0 amide bonds. The molecule has 1 aromatic heterocycles. The monoisotopic (exact) mass is 329 g/mol. The van der Waals surface area contributed by atoms with E-state index in [1.54, 1.807) is 0 Å². The molecule has 1 fully saturated rings. The van der Waals surface area contributed by atoms with Gasteiger partial charge < -0.3 is 5.32 Å². The number of rotatable bonds is 6. The summed E-state index contributed by atoms with van der Waals surface area (Å²) in [6, 6.07) is 2.84. The van der Waals surface area contributed by atoms with Crippen LogP contribution in [-0.2, 0) is 6.42 Å². The Kier molecular flexibility index (Phi) is 5.71. The second kappa shape index (κ2) is 7.06. The van der Waals surface area contributed by atoms with Gasteiger partial charge in [-0.25, -0.2) is 0 Å². The fourth-order valence-corrected chi connectivity index (χ4v) is 4.76. The Bertz CT molecular complexity index is 363. The zero-order valence-electron chi connectivity index (χ0n) is 11.4. The predicted octanol–water partition coefficient (Wildman–Crippen LogP) is 4.86. The minimum Gasteiger partial charge on any atom is -0.314 e. The van der Waals surface area contributed by atoms with Crippen LogP contribution in [0.5, 0.6) is 0 Å². The molecule has 102 valence electrons. The Morgan fingerprint density at radius 1 is 1.44 bits per heavy atom. The second-order valence-electron chi connectivity index (χ2n) is 5.41. The first-order valence-corrected chi connectivity index (χ1v) is 8.87. The van der Waals surface area contributed by atoms with Gasteiger partial charge in [0, 0.05) is 15.4 Å². The number of halogens is 1. The molecule has 0 aromatic carbocycles. The van der Waals surface area contributed by atoms with E-state index in [1.807, 2.05) is 11.3 Å². The van der Waals surface area contributed by atoms with E-state index in [2.05, 4.69) is 46.5 Å². The summed E-state index contributed by atoms with van der Waals surface area (Å²) in [4.78, 5) is 1.50. The smallest absolute Gasteiger partial charge is 0.0314 e. The fraction of sp³-hybridized carbons (Fsp3) is 0.733. The van der Waals surface area contributed by atoms with Crippen molar-refractivity contribution < 1.29 is 0 Å². The molecular formula is C15H24BrNS. The summed E-state index contributed by atoms with van der Waals surface area (Å²) >= 11 is 5.54. The minimum atomic E-state index is 0.668. The maximum atomic E-state index is 3.72. The van der Waals surface area contributed by atoms with Gasteiger partial charge in [-0.2, -0.15) is 0 Å². The van der Waals surface area contributed by atoms with Crippen molar-refractivity contribution in [3.05, 3.63) is 20.8 Å². The van der Waals surface area contributed by atoms with E-state index in [4.69, 9.17) is 0 Å².